The maximum absolute atomic E-state index is 13.9. The van der Waals surface area contributed by atoms with E-state index < -0.39 is 17.6 Å². The first-order chi connectivity index (χ1) is 19.0. The minimum Gasteiger partial charge on any atom is -0.369 e. The van der Waals surface area contributed by atoms with E-state index in [0.717, 1.165) is 24.7 Å². The van der Waals surface area contributed by atoms with Crippen LogP contribution in [0.15, 0.2) is 48.8 Å². The van der Waals surface area contributed by atoms with Crippen molar-refractivity contribution < 1.29 is 22.8 Å². The Balaban J connectivity index is 1.50. The predicted molar refractivity (Wildman–Crippen MR) is 144 cm³/mol. The first-order valence-corrected chi connectivity index (χ1v) is 12.8. The number of aryl methyl sites for hydroxylation is 1. The van der Waals surface area contributed by atoms with Crippen LogP contribution in [0.25, 0.3) is 0 Å². The van der Waals surface area contributed by atoms with Gasteiger partial charge in [-0.1, -0.05) is 30.2 Å². The molecule has 1 aromatic heterocycles. The van der Waals surface area contributed by atoms with Crippen molar-refractivity contribution in [2.75, 3.05) is 33.2 Å². The number of ketones is 1. The number of hydrogen-bond donors (Lipinski definition) is 1. The molecule has 1 saturated heterocycles. The van der Waals surface area contributed by atoms with Crippen LogP contribution in [0.3, 0.4) is 0 Å². The number of carbonyl (C=O) groups is 2. The van der Waals surface area contributed by atoms with Gasteiger partial charge in [-0.3, -0.25) is 19.5 Å². The minimum absolute atomic E-state index is 0.0204. The normalized spacial score (nSPS) is 14.4. The van der Waals surface area contributed by atoms with E-state index in [0.29, 0.717) is 41.2 Å². The van der Waals surface area contributed by atoms with Crippen molar-refractivity contribution >= 4 is 11.7 Å². The van der Waals surface area contributed by atoms with Crippen LogP contribution in [0.1, 0.15) is 49.6 Å². The molecule has 7 nitrogen and oxygen atoms in total. The van der Waals surface area contributed by atoms with Gasteiger partial charge in [0.05, 0.1) is 30.1 Å². The van der Waals surface area contributed by atoms with Crippen molar-refractivity contribution in [2.24, 2.45) is 5.73 Å². The summed E-state index contributed by atoms with van der Waals surface area (Å²) in [6, 6.07) is 9.22. The Hall–Kier alpha value is -4.07. The molecule has 1 amide bonds. The van der Waals surface area contributed by atoms with E-state index in [2.05, 4.69) is 26.7 Å². The number of hydrogen-bond acceptors (Lipinski definition) is 6. The standard InChI is InChI=1S/C30H30F3N5O2/c1-20-3-5-23(15-22(20)7-8-25-17-36-26(18-35-25)16-29(34)40)28(39)14-21-4-6-24(27(13-21)30(31,32)33)19-38-11-9-37(2)10-12-38/h3-6,13,15,17-18H,9-12,14,16,19H2,1-2H3,(H2,34,40). The molecule has 0 radical (unpaired) electrons. The Morgan fingerprint density at radius 2 is 1.73 bits per heavy atom. The average molecular weight is 550 g/mol. The van der Waals surface area contributed by atoms with Gasteiger partial charge in [0.15, 0.2) is 5.78 Å². The fraction of sp³-hybridized carbons (Fsp3) is 0.333. The quantitative estimate of drug-likeness (QED) is 0.359. The molecule has 0 unspecified atom stereocenters. The lowest BCUT2D eigenvalue weighted by atomic mass is 9.96. The van der Waals surface area contributed by atoms with E-state index in [1.807, 2.05) is 18.9 Å². The molecular formula is C30H30F3N5O2. The molecule has 1 fully saturated rings. The van der Waals surface area contributed by atoms with Gasteiger partial charge in [0.2, 0.25) is 5.91 Å². The van der Waals surface area contributed by atoms with Gasteiger partial charge in [-0.2, -0.15) is 13.2 Å². The third-order valence-electron chi connectivity index (χ3n) is 6.78. The number of benzene rings is 2. The van der Waals surface area contributed by atoms with Gasteiger partial charge < -0.3 is 10.6 Å². The number of likely N-dealkylation sites (N-methyl/N-ethyl adjacent to an activating group) is 1. The largest absolute Gasteiger partial charge is 0.416 e. The SMILES string of the molecule is Cc1ccc(C(=O)Cc2ccc(CN3CCN(C)CC3)c(C(F)(F)F)c2)cc1C#Cc1cnc(CC(N)=O)cn1. The van der Waals surface area contributed by atoms with Crippen LogP contribution in [0.2, 0.25) is 0 Å². The van der Waals surface area contributed by atoms with Crippen molar-refractivity contribution in [3.63, 3.8) is 0 Å². The van der Waals surface area contributed by atoms with Crippen LogP contribution in [0.4, 0.5) is 13.2 Å². The molecule has 2 N–H and O–H groups in total. The molecule has 1 aliphatic rings. The van der Waals surface area contributed by atoms with Crippen LogP contribution in [0, 0.1) is 18.8 Å². The van der Waals surface area contributed by atoms with E-state index in [1.54, 1.807) is 24.3 Å². The first kappa shape index (κ1) is 28.9. The lowest BCUT2D eigenvalue weighted by Crippen LogP contribution is -2.44. The highest BCUT2D eigenvalue weighted by molar-refractivity contribution is 5.98. The molecule has 2 heterocycles. The Labute approximate surface area is 231 Å². The summed E-state index contributed by atoms with van der Waals surface area (Å²) in [7, 11) is 2.00. The van der Waals surface area contributed by atoms with Crippen molar-refractivity contribution in [2.45, 2.75) is 32.5 Å². The molecule has 3 aromatic rings. The topological polar surface area (TPSA) is 92.4 Å². The molecule has 4 rings (SSSR count). The lowest BCUT2D eigenvalue weighted by molar-refractivity contribution is -0.138. The molecule has 0 spiro atoms. The Morgan fingerprint density at radius 3 is 2.38 bits per heavy atom. The molecule has 0 atom stereocenters. The zero-order valence-electron chi connectivity index (χ0n) is 22.4. The summed E-state index contributed by atoms with van der Waals surface area (Å²) in [5.74, 6) is 5.04. The monoisotopic (exact) mass is 549 g/mol. The number of carbonyl (C=O) groups excluding carboxylic acids is 2. The summed E-state index contributed by atoms with van der Waals surface area (Å²) in [6.07, 6.45) is -1.85. The molecule has 208 valence electrons. The van der Waals surface area contributed by atoms with Gasteiger partial charge in [-0.05, 0) is 48.7 Å². The van der Waals surface area contributed by atoms with Crippen LogP contribution < -0.4 is 5.73 Å². The second-order valence-electron chi connectivity index (χ2n) is 9.98. The van der Waals surface area contributed by atoms with E-state index in [1.165, 1.54) is 18.5 Å². The number of nitrogens with two attached hydrogens (primary N) is 1. The van der Waals surface area contributed by atoms with Gasteiger partial charge in [-0.25, -0.2) is 4.98 Å². The summed E-state index contributed by atoms with van der Waals surface area (Å²) in [5.41, 5.74) is 7.56. The van der Waals surface area contributed by atoms with Gasteiger partial charge in [0.25, 0.3) is 0 Å². The van der Waals surface area contributed by atoms with Gasteiger partial charge in [0.1, 0.15) is 5.69 Å². The third-order valence-corrected chi connectivity index (χ3v) is 6.78. The molecule has 40 heavy (non-hydrogen) atoms. The number of rotatable bonds is 7. The average Bonchev–Trinajstić information content (AvgIpc) is 2.90. The van der Waals surface area contributed by atoms with Crippen molar-refractivity contribution in [3.05, 3.63) is 93.6 Å². The fourth-order valence-electron chi connectivity index (χ4n) is 4.42. The van der Waals surface area contributed by atoms with Gasteiger partial charge >= 0.3 is 6.18 Å². The third kappa shape index (κ3) is 7.74. The molecule has 0 saturated carbocycles. The van der Waals surface area contributed by atoms with Crippen molar-refractivity contribution in [1.29, 1.82) is 0 Å². The second kappa shape index (κ2) is 12.4. The van der Waals surface area contributed by atoms with Gasteiger partial charge in [0, 0.05) is 50.3 Å². The number of alkyl halides is 3. The number of halogens is 3. The van der Waals surface area contributed by atoms with Gasteiger partial charge in [-0.15, -0.1) is 0 Å². The molecule has 0 aliphatic carbocycles. The summed E-state index contributed by atoms with van der Waals surface area (Å²) in [6.45, 7) is 5.10. The highest BCUT2D eigenvalue weighted by Crippen LogP contribution is 2.34. The minimum atomic E-state index is -4.52. The predicted octanol–water partition coefficient (Wildman–Crippen LogP) is 3.40. The summed E-state index contributed by atoms with van der Waals surface area (Å²) >= 11 is 0. The van der Waals surface area contributed by atoms with Crippen molar-refractivity contribution in [1.82, 2.24) is 19.8 Å². The maximum Gasteiger partial charge on any atom is 0.416 e. The summed E-state index contributed by atoms with van der Waals surface area (Å²) in [4.78, 5) is 36.5. The molecule has 2 aromatic carbocycles. The Kier molecular flexibility index (Phi) is 8.97. The number of aromatic nitrogens is 2. The number of amides is 1. The highest BCUT2D eigenvalue weighted by Gasteiger charge is 2.34. The van der Waals surface area contributed by atoms with E-state index in [9.17, 15) is 22.8 Å². The molecule has 1 aliphatic heterocycles. The second-order valence-corrected chi connectivity index (χ2v) is 9.98. The summed E-state index contributed by atoms with van der Waals surface area (Å²) in [5, 5.41) is 0. The molecule has 10 heteroatoms. The number of Topliss-reactive ketones (excluding diaryl/α,β-unsaturated/α-hetero) is 1. The zero-order valence-corrected chi connectivity index (χ0v) is 22.4. The van der Waals surface area contributed by atoms with Crippen molar-refractivity contribution in [3.8, 4) is 11.8 Å². The van der Waals surface area contributed by atoms with Crippen LogP contribution in [-0.4, -0.2) is 64.7 Å². The fourth-order valence-corrected chi connectivity index (χ4v) is 4.42. The number of primary amides is 1. The first-order valence-electron chi connectivity index (χ1n) is 12.8. The van der Waals surface area contributed by atoms with Crippen LogP contribution in [-0.2, 0) is 30.4 Å². The summed E-state index contributed by atoms with van der Waals surface area (Å²) < 4.78 is 41.8. The maximum atomic E-state index is 13.9. The Morgan fingerprint density at radius 1 is 0.975 bits per heavy atom. The van der Waals surface area contributed by atoms with Crippen LogP contribution in [0.5, 0.6) is 0 Å². The Bertz CT molecular complexity index is 1450. The molecular weight excluding hydrogens is 519 g/mol. The number of piperazine rings is 1. The van der Waals surface area contributed by atoms with E-state index in [-0.39, 0.29) is 30.7 Å². The van der Waals surface area contributed by atoms with Crippen LogP contribution >= 0.6 is 0 Å². The van der Waals surface area contributed by atoms with E-state index in [4.69, 9.17) is 5.73 Å². The highest BCUT2D eigenvalue weighted by atomic mass is 19.4. The smallest absolute Gasteiger partial charge is 0.369 e. The van der Waals surface area contributed by atoms with E-state index >= 15 is 0 Å². The number of nitrogens with zero attached hydrogens (tertiary/aromatic N) is 4. The lowest BCUT2D eigenvalue weighted by Gasteiger charge is -2.33. The molecule has 0 bridgehead atoms. The zero-order chi connectivity index (χ0) is 28.9.